The topological polar surface area (TPSA) is 66.0 Å². The molecular formula is C14H12BrFN4O. The van der Waals surface area contributed by atoms with Gasteiger partial charge in [0.15, 0.2) is 0 Å². The maximum atomic E-state index is 13.6. The number of imidazole rings is 1. The third kappa shape index (κ3) is 2.56. The highest BCUT2D eigenvalue weighted by atomic mass is 79.9. The molecule has 108 valence electrons. The number of benzene rings is 1. The fraction of sp³-hybridized carbons (Fsp3) is 0.143. The lowest BCUT2D eigenvalue weighted by Crippen LogP contribution is -2.05. The molecule has 5 nitrogen and oxygen atoms in total. The Kier molecular flexibility index (Phi) is 3.50. The van der Waals surface area contributed by atoms with E-state index in [2.05, 4.69) is 25.9 Å². The van der Waals surface area contributed by atoms with Gasteiger partial charge in [0.05, 0.1) is 29.2 Å². The normalized spacial score (nSPS) is 11.0. The highest BCUT2D eigenvalue weighted by Crippen LogP contribution is 2.26. The quantitative estimate of drug-likeness (QED) is 0.788. The molecule has 0 aliphatic carbocycles. The molecule has 7 heteroatoms. The summed E-state index contributed by atoms with van der Waals surface area (Å²) in [5.74, 6) is 0.499. The lowest BCUT2D eigenvalue weighted by atomic mass is 10.2. The Hall–Kier alpha value is -2.15. The first-order valence-corrected chi connectivity index (χ1v) is 6.97. The average molecular weight is 351 g/mol. The van der Waals surface area contributed by atoms with Gasteiger partial charge in [-0.25, -0.2) is 14.4 Å². The smallest absolute Gasteiger partial charge is 0.213 e. The summed E-state index contributed by atoms with van der Waals surface area (Å²) in [4.78, 5) is 8.25. The third-order valence-corrected chi connectivity index (χ3v) is 3.78. The van der Waals surface area contributed by atoms with E-state index in [4.69, 9.17) is 10.5 Å². The molecule has 0 aliphatic heterocycles. The van der Waals surface area contributed by atoms with Crippen LogP contribution in [0, 0.1) is 5.82 Å². The van der Waals surface area contributed by atoms with Gasteiger partial charge in [-0.15, -0.1) is 0 Å². The molecule has 0 saturated heterocycles. The second-order valence-corrected chi connectivity index (χ2v) is 5.37. The Morgan fingerprint density at radius 2 is 2.19 bits per heavy atom. The van der Waals surface area contributed by atoms with Crippen molar-refractivity contribution in [3.05, 3.63) is 46.3 Å². The average Bonchev–Trinajstić information content (AvgIpc) is 2.76. The van der Waals surface area contributed by atoms with E-state index in [1.165, 1.54) is 6.07 Å². The monoisotopic (exact) mass is 350 g/mol. The van der Waals surface area contributed by atoms with E-state index in [0.29, 0.717) is 28.4 Å². The molecule has 0 amide bonds. The largest absolute Gasteiger partial charge is 0.481 e. The molecule has 2 aromatic heterocycles. The van der Waals surface area contributed by atoms with E-state index in [1.807, 2.05) is 16.7 Å². The van der Waals surface area contributed by atoms with Crippen molar-refractivity contribution in [2.45, 2.75) is 6.54 Å². The van der Waals surface area contributed by atoms with Crippen molar-refractivity contribution in [3.8, 4) is 5.88 Å². The first-order valence-electron chi connectivity index (χ1n) is 6.18. The molecule has 0 fully saturated rings. The van der Waals surface area contributed by atoms with Crippen molar-refractivity contribution in [2.24, 2.45) is 0 Å². The van der Waals surface area contributed by atoms with E-state index in [9.17, 15) is 4.39 Å². The van der Waals surface area contributed by atoms with Crippen LogP contribution >= 0.6 is 15.9 Å². The molecule has 0 bridgehead atoms. The molecule has 2 N–H and O–H groups in total. The van der Waals surface area contributed by atoms with Crippen molar-refractivity contribution < 1.29 is 9.13 Å². The maximum Gasteiger partial charge on any atom is 0.213 e. The van der Waals surface area contributed by atoms with Gasteiger partial charge in [0, 0.05) is 18.3 Å². The molecule has 0 radical (unpaired) electrons. The van der Waals surface area contributed by atoms with Gasteiger partial charge >= 0.3 is 0 Å². The van der Waals surface area contributed by atoms with Crippen LogP contribution in [0.15, 0.2) is 34.9 Å². The molecule has 0 aliphatic rings. The van der Waals surface area contributed by atoms with Gasteiger partial charge in [-0.05, 0) is 33.6 Å². The van der Waals surface area contributed by atoms with Crippen LogP contribution < -0.4 is 10.5 Å². The Labute approximate surface area is 128 Å². The van der Waals surface area contributed by atoms with Crippen LogP contribution in [0.3, 0.4) is 0 Å². The minimum absolute atomic E-state index is 0.332. The van der Waals surface area contributed by atoms with Gasteiger partial charge in [-0.1, -0.05) is 0 Å². The predicted octanol–water partition coefficient (Wildman–Crippen LogP) is 2.97. The van der Waals surface area contributed by atoms with Crippen LogP contribution in [-0.2, 0) is 6.54 Å². The number of pyridine rings is 1. The molecule has 21 heavy (non-hydrogen) atoms. The van der Waals surface area contributed by atoms with E-state index in [1.54, 1.807) is 19.4 Å². The molecule has 3 rings (SSSR count). The Morgan fingerprint density at radius 1 is 1.38 bits per heavy atom. The fourth-order valence-corrected chi connectivity index (χ4v) is 2.48. The van der Waals surface area contributed by atoms with Crippen molar-refractivity contribution >= 4 is 32.9 Å². The number of nitrogens with two attached hydrogens (primary N) is 1. The third-order valence-electron chi connectivity index (χ3n) is 3.17. The Bertz CT molecular complexity index is 818. The van der Waals surface area contributed by atoms with Crippen LogP contribution in [0.4, 0.5) is 10.3 Å². The summed E-state index contributed by atoms with van der Waals surface area (Å²) in [6.45, 7) is 0.499. The van der Waals surface area contributed by atoms with Gasteiger partial charge < -0.3 is 15.0 Å². The molecule has 0 unspecified atom stereocenters. The number of rotatable bonds is 3. The van der Waals surface area contributed by atoms with Crippen LogP contribution in [-0.4, -0.2) is 21.6 Å². The van der Waals surface area contributed by atoms with Crippen LogP contribution in [0.1, 0.15) is 5.56 Å². The van der Waals surface area contributed by atoms with Crippen molar-refractivity contribution in [3.63, 3.8) is 0 Å². The number of ether oxygens (including phenoxy) is 1. The van der Waals surface area contributed by atoms with E-state index in [0.717, 1.165) is 11.1 Å². The molecular weight excluding hydrogens is 339 g/mol. The first kappa shape index (κ1) is 13.8. The van der Waals surface area contributed by atoms with Gasteiger partial charge in [0.2, 0.25) is 11.8 Å². The van der Waals surface area contributed by atoms with Gasteiger partial charge in [0.1, 0.15) is 5.82 Å². The van der Waals surface area contributed by atoms with E-state index >= 15 is 0 Å². The lowest BCUT2D eigenvalue weighted by molar-refractivity contribution is 0.397. The van der Waals surface area contributed by atoms with Crippen LogP contribution in [0.5, 0.6) is 5.88 Å². The maximum absolute atomic E-state index is 13.6. The Morgan fingerprint density at radius 3 is 2.95 bits per heavy atom. The number of nitrogens with zero attached hydrogens (tertiary/aromatic N) is 3. The number of hydrogen-bond acceptors (Lipinski definition) is 4. The summed E-state index contributed by atoms with van der Waals surface area (Å²) in [6.07, 6.45) is 1.67. The number of halogens is 2. The van der Waals surface area contributed by atoms with E-state index < -0.39 is 0 Å². The highest BCUT2D eigenvalue weighted by molar-refractivity contribution is 9.10. The summed E-state index contributed by atoms with van der Waals surface area (Å²) in [5, 5.41) is 0. The predicted molar refractivity (Wildman–Crippen MR) is 81.7 cm³/mol. The molecule has 0 spiro atoms. The standard InChI is InChI=1S/C14H12BrFN4O/c1-21-13-4-8(2-3-18-13)7-20-12-5-9(15)10(16)6-11(12)19-14(20)17/h2-6H,7H2,1H3,(H2,17,19). The van der Waals surface area contributed by atoms with Crippen LogP contribution in [0.25, 0.3) is 11.0 Å². The van der Waals surface area contributed by atoms with Gasteiger partial charge in [-0.3, -0.25) is 0 Å². The summed E-state index contributed by atoms with van der Waals surface area (Å²) >= 11 is 3.18. The minimum atomic E-state index is -0.363. The fourth-order valence-electron chi connectivity index (χ4n) is 2.15. The summed E-state index contributed by atoms with van der Waals surface area (Å²) in [7, 11) is 1.56. The SMILES string of the molecule is COc1cc(Cn2c(N)nc3cc(F)c(Br)cc32)ccn1. The number of nitrogen functional groups attached to an aromatic ring is 1. The molecule has 3 aromatic rings. The number of methoxy groups -OCH3 is 1. The second kappa shape index (κ2) is 5.33. The second-order valence-electron chi connectivity index (χ2n) is 4.52. The van der Waals surface area contributed by atoms with Crippen molar-refractivity contribution in [2.75, 3.05) is 12.8 Å². The minimum Gasteiger partial charge on any atom is -0.481 e. The first-order chi connectivity index (χ1) is 10.1. The lowest BCUT2D eigenvalue weighted by Gasteiger charge is -2.08. The van der Waals surface area contributed by atoms with E-state index in [-0.39, 0.29) is 5.82 Å². The number of aromatic nitrogens is 3. The number of fused-ring (bicyclic) bond motifs is 1. The number of anilines is 1. The molecule has 0 atom stereocenters. The zero-order valence-electron chi connectivity index (χ0n) is 11.2. The number of hydrogen-bond donors (Lipinski definition) is 1. The van der Waals surface area contributed by atoms with Gasteiger partial charge in [-0.2, -0.15) is 0 Å². The summed E-state index contributed by atoms with van der Waals surface area (Å²) in [6, 6.07) is 6.72. The van der Waals surface area contributed by atoms with Crippen molar-refractivity contribution in [1.82, 2.24) is 14.5 Å². The summed E-state index contributed by atoms with van der Waals surface area (Å²) in [5.41, 5.74) is 8.19. The molecule has 1 aromatic carbocycles. The van der Waals surface area contributed by atoms with Crippen molar-refractivity contribution in [1.29, 1.82) is 0 Å². The molecule has 0 saturated carbocycles. The van der Waals surface area contributed by atoms with Crippen LogP contribution in [0.2, 0.25) is 0 Å². The molecule has 2 heterocycles. The summed E-state index contributed by atoms with van der Waals surface area (Å²) < 4.78 is 20.8. The Balaban J connectivity index is 2.07. The highest BCUT2D eigenvalue weighted by Gasteiger charge is 2.12. The van der Waals surface area contributed by atoms with Gasteiger partial charge in [0.25, 0.3) is 0 Å². The zero-order valence-corrected chi connectivity index (χ0v) is 12.8. The zero-order chi connectivity index (χ0) is 15.0.